The number of hydrogen-bond donors (Lipinski definition) is 2. The van der Waals surface area contributed by atoms with Crippen molar-refractivity contribution < 1.29 is 4.79 Å². The maximum absolute atomic E-state index is 11.4. The Morgan fingerprint density at radius 3 is 2.43 bits per heavy atom. The second kappa shape index (κ2) is 6.79. The van der Waals surface area contributed by atoms with Gasteiger partial charge in [0.1, 0.15) is 0 Å². The number of nitrogens with two attached hydrogens (primary N) is 1. The van der Waals surface area contributed by atoms with E-state index in [1.807, 2.05) is 25.8 Å². The predicted octanol–water partition coefficient (Wildman–Crippen LogP) is 0.180. The van der Waals surface area contributed by atoms with Crippen LogP contribution in [0, 0.1) is 0 Å². The third-order valence-electron chi connectivity index (χ3n) is 2.18. The molecule has 4 heteroatoms. The van der Waals surface area contributed by atoms with Crippen LogP contribution in [0.1, 0.15) is 27.2 Å². The summed E-state index contributed by atoms with van der Waals surface area (Å²) in [5, 5.41) is 2.86. The Balaban J connectivity index is 3.80. The molecule has 1 unspecified atom stereocenters. The van der Waals surface area contributed by atoms with Crippen LogP contribution >= 0.6 is 0 Å². The summed E-state index contributed by atoms with van der Waals surface area (Å²) in [5.74, 6) is 0.0753. The van der Waals surface area contributed by atoms with Gasteiger partial charge in [0, 0.05) is 12.1 Å². The molecule has 0 aromatic rings. The average molecular weight is 201 g/mol. The van der Waals surface area contributed by atoms with Crippen molar-refractivity contribution in [2.45, 2.75) is 39.3 Å². The van der Waals surface area contributed by atoms with Gasteiger partial charge in [-0.2, -0.15) is 0 Å². The molecule has 14 heavy (non-hydrogen) atoms. The van der Waals surface area contributed by atoms with E-state index in [9.17, 15) is 4.79 Å². The second-order valence-electron chi connectivity index (χ2n) is 4.06. The molecule has 0 aromatic carbocycles. The van der Waals surface area contributed by atoms with Crippen LogP contribution in [-0.2, 0) is 4.79 Å². The van der Waals surface area contributed by atoms with Gasteiger partial charge in [0.25, 0.3) is 0 Å². The smallest absolute Gasteiger partial charge is 0.234 e. The predicted molar refractivity (Wildman–Crippen MR) is 59.0 cm³/mol. The van der Waals surface area contributed by atoms with E-state index >= 15 is 0 Å². The summed E-state index contributed by atoms with van der Waals surface area (Å²) >= 11 is 0. The minimum atomic E-state index is 0.0753. The highest BCUT2D eigenvalue weighted by molar-refractivity contribution is 5.78. The third kappa shape index (κ3) is 5.94. The zero-order valence-electron chi connectivity index (χ0n) is 9.71. The molecular formula is C10H23N3O. The van der Waals surface area contributed by atoms with E-state index in [1.165, 1.54) is 0 Å². The SMILES string of the molecule is CC(C)NC(=O)CN(C)C(C)CCN. The zero-order valence-corrected chi connectivity index (χ0v) is 9.71. The molecule has 0 fully saturated rings. The van der Waals surface area contributed by atoms with Crippen LogP contribution in [-0.4, -0.2) is 43.0 Å². The fourth-order valence-electron chi connectivity index (χ4n) is 1.21. The Bertz CT molecular complexity index is 171. The van der Waals surface area contributed by atoms with Crippen molar-refractivity contribution in [1.82, 2.24) is 10.2 Å². The Morgan fingerprint density at radius 1 is 1.43 bits per heavy atom. The zero-order chi connectivity index (χ0) is 11.1. The van der Waals surface area contributed by atoms with Gasteiger partial charge < -0.3 is 11.1 Å². The Morgan fingerprint density at radius 2 is 2.00 bits per heavy atom. The van der Waals surface area contributed by atoms with E-state index < -0.39 is 0 Å². The molecule has 0 aromatic heterocycles. The lowest BCUT2D eigenvalue weighted by Gasteiger charge is -2.24. The second-order valence-corrected chi connectivity index (χ2v) is 4.06. The molecule has 0 aliphatic heterocycles. The Labute approximate surface area is 86.8 Å². The first-order valence-electron chi connectivity index (χ1n) is 5.17. The standard InChI is InChI=1S/C10H23N3O/c1-8(2)12-10(14)7-13(4)9(3)5-6-11/h8-9H,5-7,11H2,1-4H3,(H,12,14). The minimum Gasteiger partial charge on any atom is -0.353 e. The van der Waals surface area contributed by atoms with Crippen molar-refractivity contribution >= 4 is 5.91 Å². The lowest BCUT2D eigenvalue weighted by Crippen LogP contribution is -2.42. The lowest BCUT2D eigenvalue weighted by molar-refractivity contribution is -0.122. The van der Waals surface area contributed by atoms with Gasteiger partial charge in [-0.1, -0.05) is 0 Å². The molecular weight excluding hydrogens is 178 g/mol. The van der Waals surface area contributed by atoms with E-state index in [-0.39, 0.29) is 11.9 Å². The Hall–Kier alpha value is -0.610. The molecule has 84 valence electrons. The number of rotatable bonds is 6. The van der Waals surface area contributed by atoms with Gasteiger partial charge in [-0.25, -0.2) is 0 Å². The molecule has 0 saturated carbocycles. The fourth-order valence-corrected chi connectivity index (χ4v) is 1.21. The highest BCUT2D eigenvalue weighted by Gasteiger charge is 2.12. The highest BCUT2D eigenvalue weighted by atomic mass is 16.2. The number of amides is 1. The number of hydrogen-bond acceptors (Lipinski definition) is 3. The van der Waals surface area contributed by atoms with Gasteiger partial charge in [0.05, 0.1) is 6.54 Å². The van der Waals surface area contributed by atoms with Crippen LogP contribution in [0.3, 0.4) is 0 Å². The summed E-state index contributed by atoms with van der Waals surface area (Å²) in [6.07, 6.45) is 0.922. The van der Waals surface area contributed by atoms with Gasteiger partial charge in [-0.3, -0.25) is 9.69 Å². The van der Waals surface area contributed by atoms with E-state index in [4.69, 9.17) is 5.73 Å². The van der Waals surface area contributed by atoms with E-state index in [2.05, 4.69) is 12.2 Å². The number of carbonyl (C=O) groups excluding carboxylic acids is 1. The Kier molecular flexibility index (Phi) is 6.49. The summed E-state index contributed by atoms with van der Waals surface area (Å²) in [6, 6.07) is 0.568. The molecule has 0 bridgehead atoms. The minimum absolute atomic E-state index is 0.0753. The van der Waals surface area contributed by atoms with Crippen molar-refractivity contribution in [3.05, 3.63) is 0 Å². The van der Waals surface area contributed by atoms with Crippen molar-refractivity contribution in [2.75, 3.05) is 20.1 Å². The molecule has 4 nitrogen and oxygen atoms in total. The molecule has 1 amide bonds. The van der Waals surface area contributed by atoms with Crippen LogP contribution in [0.2, 0.25) is 0 Å². The van der Waals surface area contributed by atoms with Gasteiger partial charge in [-0.05, 0) is 40.8 Å². The highest BCUT2D eigenvalue weighted by Crippen LogP contribution is 1.98. The van der Waals surface area contributed by atoms with E-state index in [1.54, 1.807) is 0 Å². The largest absolute Gasteiger partial charge is 0.353 e. The van der Waals surface area contributed by atoms with Crippen LogP contribution in [0.25, 0.3) is 0 Å². The summed E-state index contributed by atoms with van der Waals surface area (Å²) in [7, 11) is 1.94. The van der Waals surface area contributed by atoms with Gasteiger partial charge >= 0.3 is 0 Å². The monoisotopic (exact) mass is 201 g/mol. The van der Waals surface area contributed by atoms with Crippen LogP contribution in [0.4, 0.5) is 0 Å². The number of nitrogens with one attached hydrogen (secondary N) is 1. The van der Waals surface area contributed by atoms with Crippen LogP contribution in [0.15, 0.2) is 0 Å². The first-order valence-corrected chi connectivity index (χ1v) is 5.17. The van der Waals surface area contributed by atoms with Gasteiger partial charge in [-0.15, -0.1) is 0 Å². The molecule has 0 aliphatic carbocycles. The molecule has 0 heterocycles. The van der Waals surface area contributed by atoms with Gasteiger partial charge in [0.15, 0.2) is 0 Å². The van der Waals surface area contributed by atoms with Crippen LogP contribution < -0.4 is 11.1 Å². The molecule has 0 radical (unpaired) electrons. The topological polar surface area (TPSA) is 58.4 Å². The summed E-state index contributed by atoms with van der Waals surface area (Å²) in [4.78, 5) is 13.4. The molecule has 0 aliphatic rings. The third-order valence-corrected chi connectivity index (χ3v) is 2.18. The van der Waals surface area contributed by atoms with E-state index in [0.717, 1.165) is 6.42 Å². The summed E-state index contributed by atoms with van der Waals surface area (Å²) < 4.78 is 0. The average Bonchev–Trinajstić information content (AvgIpc) is 2.02. The van der Waals surface area contributed by atoms with Crippen molar-refractivity contribution in [1.29, 1.82) is 0 Å². The normalized spacial score (nSPS) is 13.4. The van der Waals surface area contributed by atoms with Crippen molar-refractivity contribution in [3.63, 3.8) is 0 Å². The maximum atomic E-state index is 11.4. The van der Waals surface area contributed by atoms with Crippen molar-refractivity contribution in [3.8, 4) is 0 Å². The van der Waals surface area contributed by atoms with E-state index in [0.29, 0.717) is 19.1 Å². The molecule has 1 atom stereocenters. The molecule has 3 N–H and O–H groups in total. The molecule has 0 saturated heterocycles. The molecule has 0 spiro atoms. The number of nitrogens with zero attached hydrogens (tertiary/aromatic N) is 1. The quantitative estimate of drug-likeness (QED) is 0.644. The fraction of sp³-hybridized carbons (Fsp3) is 0.900. The van der Waals surface area contributed by atoms with Gasteiger partial charge in [0.2, 0.25) is 5.91 Å². The summed E-state index contributed by atoms with van der Waals surface area (Å²) in [6.45, 7) is 7.11. The maximum Gasteiger partial charge on any atom is 0.234 e. The first-order chi connectivity index (χ1) is 6.47. The number of likely N-dealkylation sites (N-methyl/N-ethyl adjacent to an activating group) is 1. The number of carbonyl (C=O) groups is 1. The lowest BCUT2D eigenvalue weighted by atomic mass is 10.2. The molecule has 0 rings (SSSR count). The van der Waals surface area contributed by atoms with Crippen LogP contribution in [0.5, 0.6) is 0 Å². The first kappa shape index (κ1) is 13.4. The van der Waals surface area contributed by atoms with Crippen molar-refractivity contribution in [2.24, 2.45) is 5.73 Å². The summed E-state index contributed by atoms with van der Waals surface area (Å²) in [5.41, 5.74) is 5.45.